The minimum Gasteiger partial charge on any atom is -0.435 e. The van der Waals surface area contributed by atoms with E-state index in [-0.39, 0.29) is 29.7 Å². The van der Waals surface area contributed by atoms with E-state index >= 15 is 0 Å². The number of halogens is 2. The highest BCUT2D eigenvalue weighted by Gasteiger charge is 2.38. The molecule has 190 valence electrons. The number of carbonyl (C=O) groups is 2. The number of nitrogens with zero attached hydrogens (tertiary/aromatic N) is 5. The van der Waals surface area contributed by atoms with Gasteiger partial charge >= 0.3 is 12.6 Å². The molecular formula is C26H24F2N6O3. The highest BCUT2D eigenvalue weighted by atomic mass is 19.3. The van der Waals surface area contributed by atoms with E-state index in [1.165, 1.54) is 23.1 Å². The lowest BCUT2D eigenvalue weighted by atomic mass is 9.94. The smallest absolute Gasteiger partial charge is 0.387 e. The molecule has 1 aromatic heterocycles. The van der Waals surface area contributed by atoms with Crippen LogP contribution in [0, 0.1) is 0 Å². The van der Waals surface area contributed by atoms with E-state index in [0.717, 1.165) is 16.8 Å². The minimum atomic E-state index is -2.93. The SMILES string of the molecule is C=CC(=O)N1CCC(N2Cc3cnc(Nc4cccc(OC(F)F)c4)nc3N(C)C2=O)c2ccccc21. The molecule has 2 aliphatic heterocycles. The summed E-state index contributed by atoms with van der Waals surface area (Å²) in [7, 11) is 1.64. The van der Waals surface area contributed by atoms with Crippen molar-refractivity contribution in [1.29, 1.82) is 0 Å². The molecule has 5 rings (SSSR count). The number of benzene rings is 2. The van der Waals surface area contributed by atoms with Crippen molar-refractivity contribution < 1.29 is 23.1 Å². The summed E-state index contributed by atoms with van der Waals surface area (Å²) in [5.41, 5.74) is 2.87. The average Bonchev–Trinajstić information content (AvgIpc) is 2.90. The van der Waals surface area contributed by atoms with Crippen molar-refractivity contribution >= 4 is 35.1 Å². The predicted octanol–water partition coefficient (Wildman–Crippen LogP) is 4.86. The Labute approximate surface area is 212 Å². The number of nitrogens with one attached hydrogen (secondary N) is 1. The van der Waals surface area contributed by atoms with Crippen LogP contribution in [0.5, 0.6) is 5.75 Å². The van der Waals surface area contributed by atoms with Crippen molar-refractivity contribution in [2.24, 2.45) is 0 Å². The Morgan fingerprint density at radius 2 is 2.05 bits per heavy atom. The Morgan fingerprint density at radius 3 is 2.84 bits per heavy atom. The molecule has 0 saturated heterocycles. The molecule has 2 aromatic carbocycles. The summed E-state index contributed by atoms with van der Waals surface area (Å²) in [5, 5.41) is 2.97. The van der Waals surface area contributed by atoms with E-state index in [4.69, 9.17) is 0 Å². The Balaban J connectivity index is 1.40. The maximum atomic E-state index is 13.5. The maximum absolute atomic E-state index is 13.5. The number of amides is 3. The number of hydrogen-bond acceptors (Lipinski definition) is 6. The summed E-state index contributed by atoms with van der Waals surface area (Å²) in [5.74, 6) is 0.481. The molecule has 0 saturated carbocycles. The minimum absolute atomic E-state index is 0.00187. The van der Waals surface area contributed by atoms with Crippen LogP contribution >= 0.6 is 0 Å². The average molecular weight is 507 g/mol. The van der Waals surface area contributed by atoms with Crippen molar-refractivity contribution in [3.8, 4) is 5.75 Å². The van der Waals surface area contributed by atoms with Crippen LogP contribution in [-0.4, -0.2) is 47.0 Å². The van der Waals surface area contributed by atoms with Crippen molar-refractivity contribution in [2.45, 2.75) is 25.6 Å². The molecule has 1 atom stereocenters. The van der Waals surface area contributed by atoms with Gasteiger partial charge in [0.2, 0.25) is 11.9 Å². The van der Waals surface area contributed by atoms with Gasteiger partial charge in [-0.1, -0.05) is 30.8 Å². The molecule has 1 unspecified atom stereocenters. The van der Waals surface area contributed by atoms with Gasteiger partial charge in [-0.25, -0.2) is 9.78 Å². The zero-order valence-corrected chi connectivity index (χ0v) is 20.0. The van der Waals surface area contributed by atoms with E-state index in [1.807, 2.05) is 24.3 Å². The number of ether oxygens (including phenoxy) is 1. The quantitative estimate of drug-likeness (QED) is 0.481. The number of alkyl halides is 2. The fourth-order valence-electron chi connectivity index (χ4n) is 4.72. The van der Waals surface area contributed by atoms with Crippen molar-refractivity contribution in [3.63, 3.8) is 0 Å². The highest BCUT2D eigenvalue weighted by Crippen LogP contribution is 2.41. The standard InChI is InChI=1S/C26H24F2N6O3/c1-3-22(35)33-12-11-21(19-9-4-5-10-20(19)33)34-15-16-14-29-25(31-23(16)32(2)26(34)36)30-17-7-6-8-18(13-17)37-24(27)28/h3-10,13-14,21,24H,1,11-12,15H2,2H3,(H,29,30,31). The number of aromatic nitrogens is 2. The van der Waals surface area contributed by atoms with Gasteiger partial charge in [-0.2, -0.15) is 13.8 Å². The van der Waals surface area contributed by atoms with Crippen molar-refractivity contribution in [3.05, 3.63) is 78.5 Å². The lowest BCUT2D eigenvalue weighted by Gasteiger charge is -2.43. The van der Waals surface area contributed by atoms with Gasteiger partial charge in [0.05, 0.1) is 12.6 Å². The summed E-state index contributed by atoms with van der Waals surface area (Å²) < 4.78 is 29.5. The van der Waals surface area contributed by atoms with Gasteiger partial charge in [-0.05, 0) is 36.3 Å². The van der Waals surface area contributed by atoms with Crippen LogP contribution in [-0.2, 0) is 11.3 Å². The number of urea groups is 1. The monoisotopic (exact) mass is 506 g/mol. The summed E-state index contributed by atoms with van der Waals surface area (Å²) in [6.07, 6.45) is 3.50. The Morgan fingerprint density at radius 1 is 1.24 bits per heavy atom. The molecule has 3 amide bonds. The van der Waals surface area contributed by atoms with E-state index < -0.39 is 6.61 Å². The number of anilines is 4. The normalized spacial score (nSPS) is 16.8. The van der Waals surface area contributed by atoms with Crippen molar-refractivity contribution in [2.75, 3.05) is 28.7 Å². The summed E-state index contributed by atoms with van der Waals surface area (Å²) in [6, 6.07) is 13.2. The Bertz CT molecular complexity index is 1370. The third-order valence-electron chi connectivity index (χ3n) is 6.38. The van der Waals surface area contributed by atoms with E-state index in [9.17, 15) is 18.4 Å². The number of fused-ring (bicyclic) bond motifs is 2. The van der Waals surface area contributed by atoms with Gasteiger partial charge < -0.3 is 19.9 Å². The predicted molar refractivity (Wildman–Crippen MR) is 134 cm³/mol. The van der Waals surface area contributed by atoms with E-state index in [0.29, 0.717) is 31.0 Å². The van der Waals surface area contributed by atoms with Crippen molar-refractivity contribution in [1.82, 2.24) is 14.9 Å². The van der Waals surface area contributed by atoms with Crippen LogP contribution in [0.2, 0.25) is 0 Å². The van der Waals surface area contributed by atoms with Gasteiger partial charge in [0, 0.05) is 42.8 Å². The van der Waals surface area contributed by atoms with Crippen LogP contribution in [0.1, 0.15) is 23.6 Å². The zero-order chi connectivity index (χ0) is 26.1. The molecule has 11 heteroatoms. The van der Waals surface area contributed by atoms with Crippen LogP contribution < -0.4 is 19.9 Å². The number of rotatable bonds is 6. The molecule has 0 spiro atoms. The first-order chi connectivity index (χ1) is 17.9. The van der Waals surface area contributed by atoms with Gasteiger partial charge in [0.1, 0.15) is 11.6 Å². The summed E-state index contributed by atoms with van der Waals surface area (Å²) >= 11 is 0. The van der Waals surface area contributed by atoms with Gasteiger partial charge in [0.25, 0.3) is 0 Å². The molecule has 0 aliphatic carbocycles. The molecule has 2 aliphatic rings. The summed E-state index contributed by atoms with van der Waals surface area (Å²) in [6.45, 7) is 1.42. The molecule has 1 N–H and O–H groups in total. The molecule has 3 aromatic rings. The molecular weight excluding hydrogens is 482 g/mol. The molecule has 9 nitrogen and oxygen atoms in total. The Hall–Kier alpha value is -4.54. The first-order valence-corrected chi connectivity index (χ1v) is 11.6. The number of carbonyl (C=O) groups excluding carboxylic acids is 2. The highest BCUT2D eigenvalue weighted by molar-refractivity contribution is 6.02. The fourth-order valence-corrected chi connectivity index (χ4v) is 4.72. The third kappa shape index (κ3) is 4.67. The van der Waals surface area contributed by atoms with Crippen LogP contribution in [0.15, 0.2) is 67.4 Å². The van der Waals surface area contributed by atoms with Crippen LogP contribution in [0.3, 0.4) is 0 Å². The lowest BCUT2D eigenvalue weighted by molar-refractivity contribution is -0.114. The largest absolute Gasteiger partial charge is 0.435 e. The number of para-hydroxylation sites is 1. The van der Waals surface area contributed by atoms with Gasteiger partial charge in [-0.15, -0.1) is 0 Å². The molecule has 3 heterocycles. The Kier molecular flexibility index (Phi) is 6.43. The van der Waals surface area contributed by atoms with Crippen LogP contribution in [0.25, 0.3) is 0 Å². The van der Waals surface area contributed by atoms with Gasteiger partial charge in [-0.3, -0.25) is 9.69 Å². The summed E-state index contributed by atoms with van der Waals surface area (Å²) in [4.78, 5) is 39.6. The zero-order valence-electron chi connectivity index (χ0n) is 20.0. The number of hydrogen-bond donors (Lipinski definition) is 1. The topological polar surface area (TPSA) is 90.9 Å². The van der Waals surface area contributed by atoms with Gasteiger partial charge in [0.15, 0.2) is 0 Å². The second kappa shape index (κ2) is 9.84. The second-order valence-electron chi connectivity index (χ2n) is 8.60. The lowest BCUT2D eigenvalue weighted by Crippen LogP contribution is -2.49. The molecule has 0 fully saturated rings. The molecule has 37 heavy (non-hydrogen) atoms. The third-order valence-corrected chi connectivity index (χ3v) is 6.38. The second-order valence-corrected chi connectivity index (χ2v) is 8.60. The fraction of sp³-hybridized carbons (Fsp3) is 0.231. The first kappa shape index (κ1) is 24.2. The van der Waals surface area contributed by atoms with E-state index in [2.05, 4.69) is 26.6 Å². The maximum Gasteiger partial charge on any atom is 0.387 e. The van der Waals surface area contributed by atoms with E-state index in [1.54, 1.807) is 35.2 Å². The first-order valence-electron chi connectivity index (χ1n) is 11.6. The molecule has 0 bridgehead atoms. The van der Waals surface area contributed by atoms with Crippen LogP contribution in [0.4, 0.5) is 36.7 Å². The molecule has 0 radical (unpaired) electrons.